The van der Waals surface area contributed by atoms with Gasteiger partial charge in [-0.1, -0.05) is 6.58 Å². The van der Waals surface area contributed by atoms with Crippen LogP contribution in [-0.2, 0) is 19.5 Å². The molecule has 1 aliphatic rings. The summed E-state index contributed by atoms with van der Waals surface area (Å²) in [6.07, 6.45) is 4.29. The summed E-state index contributed by atoms with van der Waals surface area (Å²) < 4.78 is 14.3. The zero-order chi connectivity index (χ0) is 20.5. The molecule has 1 aliphatic heterocycles. The normalized spacial score (nSPS) is 14.4. The van der Waals surface area contributed by atoms with Crippen LogP contribution in [0.4, 0.5) is 0 Å². The summed E-state index contributed by atoms with van der Waals surface area (Å²) in [5.74, 6) is 1.90. The predicted octanol–water partition coefficient (Wildman–Crippen LogP) is 2.08. The summed E-state index contributed by atoms with van der Waals surface area (Å²) in [6, 6.07) is 3.48. The molecule has 1 aromatic carbocycles. The fraction of sp³-hybridized carbons (Fsp3) is 0.381. The van der Waals surface area contributed by atoms with Gasteiger partial charge in [0.05, 0.1) is 31.3 Å². The molecule has 0 spiro atoms. The molecule has 0 saturated carbocycles. The lowest BCUT2D eigenvalue weighted by Gasteiger charge is -2.18. The number of methoxy groups -OCH3 is 2. The summed E-state index contributed by atoms with van der Waals surface area (Å²) in [4.78, 5) is 20.2. The number of benzene rings is 1. The fourth-order valence-corrected chi connectivity index (χ4v) is 3.82. The standard InChI is InChI=1S/C21H25N5O3/c1-5-26-14(2)15(12-22-26)13-24-7-6-20-23-17-11-19(29-4)18(28-3)10-16(17)21(27)25(20)9-8-24/h5,10-12H,1,6-9,13H2,2-4H3. The predicted molar refractivity (Wildman–Crippen MR) is 111 cm³/mol. The van der Waals surface area contributed by atoms with Gasteiger partial charge in [0.25, 0.3) is 5.56 Å². The Labute approximate surface area is 169 Å². The van der Waals surface area contributed by atoms with E-state index in [2.05, 4.69) is 16.6 Å². The molecule has 8 heteroatoms. The Kier molecular flexibility index (Phi) is 5.10. The maximum atomic E-state index is 13.1. The maximum Gasteiger partial charge on any atom is 0.261 e. The molecule has 0 amide bonds. The van der Waals surface area contributed by atoms with Crippen molar-refractivity contribution in [2.24, 2.45) is 0 Å². The van der Waals surface area contributed by atoms with Gasteiger partial charge in [-0.25, -0.2) is 9.67 Å². The van der Waals surface area contributed by atoms with Crippen LogP contribution in [0.5, 0.6) is 11.5 Å². The molecule has 0 atom stereocenters. The summed E-state index contributed by atoms with van der Waals surface area (Å²) in [5, 5.41) is 4.87. The van der Waals surface area contributed by atoms with Gasteiger partial charge in [0.1, 0.15) is 5.82 Å². The van der Waals surface area contributed by atoms with Gasteiger partial charge in [0, 0.05) is 56.1 Å². The van der Waals surface area contributed by atoms with Crippen LogP contribution in [-0.4, -0.2) is 51.5 Å². The number of rotatable bonds is 5. The zero-order valence-corrected chi connectivity index (χ0v) is 17.0. The highest BCUT2D eigenvalue weighted by molar-refractivity contribution is 5.82. The van der Waals surface area contributed by atoms with Crippen molar-refractivity contribution in [3.63, 3.8) is 0 Å². The minimum absolute atomic E-state index is 0.0385. The van der Waals surface area contributed by atoms with Crippen molar-refractivity contribution >= 4 is 17.1 Å². The second kappa shape index (κ2) is 7.71. The van der Waals surface area contributed by atoms with E-state index >= 15 is 0 Å². The van der Waals surface area contributed by atoms with E-state index in [1.807, 2.05) is 13.1 Å². The lowest BCUT2D eigenvalue weighted by Crippen LogP contribution is -2.29. The van der Waals surface area contributed by atoms with Gasteiger partial charge in [0.15, 0.2) is 11.5 Å². The number of hydrogen-bond acceptors (Lipinski definition) is 6. The number of nitrogens with zero attached hydrogens (tertiary/aromatic N) is 5. The Bertz CT molecular complexity index is 1130. The summed E-state index contributed by atoms with van der Waals surface area (Å²) in [7, 11) is 3.14. The molecule has 0 saturated heterocycles. The number of aromatic nitrogens is 4. The number of fused-ring (bicyclic) bond motifs is 2. The smallest absolute Gasteiger partial charge is 0.261 e. The molecule has 4 rings (SSSR count). The molecular weight excluding hydrogens is 370 g/mol. The maximum absolute atomic E-state index is 13.1. The number of ether oxygens (including phenoxy) is 2. The van der Waals surface area contributed by atoms with Crippen molar-refractivity contribution in [1.82, 2.24) is 24.2 Å². The van der Waals surface area contributed by atoms with Crippen LogP contribution in [0.15, 0.2) is 29.7 Å². The third-order valence-corrected chi connectivity index (χ3v) is 5.54. The van der Waals surface area contributed by atoms with Gasteiger partial charge in [-0.3, -0.25) is 14.3 Å². The van der Waals surface area contributed by atoms with Crippen LogP contribution < -0.4 is 15.0 Å². The van der Waals surface area contributed by atoms with Crippen molar-refractivity contribution in [1.29, 1.82) is 0 Å². The first-order valence-electron chi connectivity index (χ1n) is 9.59. The summed E-state index contributed by atoms with van der Waals surface area (Å²) in [5.41, 5.74) is 2.84. The molecule has 3 heterocycles. The lowest BCUT2D eigenvalue weighted by atomic mass is 10.2. The molecule has 8 nitrogen and oxygen atoms in total. The minimum atomic E-state index is -0.0385. The third-order valence-electron chi connectivity index (χ3n) is 5.54. The molecule has 0 N–H and O–H groups in total. The fourth-order valence-electron chi connectivity index (χ4n) is 3.82. The molecule has 0 bridgehead atoms. The summed E-state index contributed by atoms with van der Waals surface area (Å²) >= 11 is 0. The molecule has 3 aromatic rings. The molecule has 29 heavy (non-hydrogen) atoms. The molecular formula is C21H25N5O3. The minimum Gasteiger partial charge on any atom is -0.493 e. The largest absolute Gasteiger partial charge is 0.493 e. The summed E-state index contributed by atoms with van der Waals surface area (Å²) in [6.45, 7) is 8.79. The molecule has 2 aromatic heterocycles. The Hall–Kier alpha value is -3.13. The van der Waals surface area contributed by atoms with E-state index in [0.717, 1.165) is 36.7 Å². The highest BCUT2D eigenvalue weighted by Gasteiger charge is 2.20. The first kappa shape index (κ1) is 19.2. The van der Waals surface area contributed by atoms with Gasteiger partial charge in [-0.15, -0.1) is 0 Å². The molecule has 0 radical (unpaired) electrons. The van der Waals surface area contributed by atoms with E-state index in [1.165, 1.54) is 0 Å². The SMILES string of the molecule is C=Cn1ncc(CN2CCc3nc4cc(OC)c(OC)cc4c(=O)n3CC2)c1C. The monoisotopic (exact) mass is 395 g/mol. The Morgan fingerprint density at radius 1 is 1.17 bits per heavy atom. The molecule has 0 unspecified atom stereocenters. The van der Waals surface area contributed by atoms with Crippen LogP contribution in [0.1, 0.15) is 17.1 Å². The van der Waals surface area contributed by atoms with Crippen LogP contribution in [0.2, 0.25) is 0 Å². The molecule has 0 aliphatic carbocycles. The Morgan fingerprint density at radius 2 is 1.93 bits per heavy atom. The van der Waals surface area contributed by atoms with E-state index in [9.17, 15) is 4.79 Å². The van der Waals surface area contributed by atoms with Crippen molar-refractivity contribution < 1.29 is 9.47 Å². The van der Waals surface area contributed by atoms with Crippen molar-refractivity contribution in [2.75, 3.05) is 27.3 Å². The number of hydrogen-bond donors (Lipinski definition) is 0. The van der Waals surface area contributed by atoms with Crippen LogP contribution >= 0.6 is 0 Å². The van der Waals surface area contributed by atoms with Gasteiger partial charge >= 0.3 is 0 Å². The van der Waals surface area contributed by atoms with Gasteiger partial charge in [-0.05, 0) is 13.0 Å². The average molecular weight is 395 g/mol. The van der Waals surface area contributed by atoms with E-state index in [0.29, 0.717) is 35.4 Å². The van der Waals surface area contributed by atoms with Crippen molar-refractivity contribution in [3.05, 3.63) is 52.3 Å². The highest BCUT2D eigenvalue weighted by atomic mass is 16.5. The van der Waals surface area contributed by atoms with E-state index < -0.39 is 0 Å². The zero-order valence-electron chi connectivity index (χ0n) is 17.0. The van der Waals surface area contributed by atoms with E-state index in [4.69, 9.17) is 14.5 Å². The van der Waals surface area contributed by atoms with E-state index in [1.54, 1.807) is 41.8 Å². The van der Waals surface area contributed by atoms with Crippen molar-refractivity contribution in [2.45, 2.75) is 26.4 Å². The Morgan fingerprint density at radius 3 is 2.62 bits per heavy atom. The second-order valence-electron chi connectivity index (χ2n) is 7.12. The Balaban J connectivity index is 1.64. The van der Waals surface area contributed by atoms with Crippen LogP contribution in [0, 0.1) is 6.92 Å². The van der Waals surface area contributed by atoms with E-state index in [-0.39, 0.29) is 5.56 Å². The van der Waals surface area contributed by atoms with Crippen LogP contribution in [0.3, 0.4) is 0 Å². The molecule has 152 valence electrons. The second-order valence-corrected chi connectivity index (χ2v) is 7.12. The van der Waals surface area contributed by atoms with Gasteiger partial charge < -0.3 is 9.47 Å². The van der Waals surface area contributed by atoms with Gasteiger partial charge in [-0.2, -0.15) is 5.10 Å². The quantitative estimate of drug-likeness (QED) is 0.659. The van der Waals surface area contributed by atoms with Crippen LogP contribution in [0.25, 0.3) is 17.1 Å². The molecule has 0 fully saturated rings. The average Bonchev–Trinajstić information content (AvgIpc) is 2.95. The third kappa shape index (κ3) is 3.40. The first-order chi connectivity index (χ1) is 14.0. The topological polar surface area (TPSA) is 74.4 Å². The highest BCUT2D eigenvalue weighted by Crippen LogP contribution is 2.30. The van der Waals surface area contributed by atoms with Gasteiger partial charge in [0.2, 0.25) is 0 Å². The first-order valence-corrected chi connectivity index (χ1v) is 9.59. The lowest BCUT2D eigenvalue weighted by molar-refractivity contribution is 0.270. The van der Waals surface area contributed by atoms with Crippen molar-refractivity contribution in [3.8, 4) is 11.5 Å².